The minimum Gasteiger partial charge on any atom is -0.313 e. The Morgan fingerprint density at radius 3 is 2.71 bits per heavy atom. The van der Waals surface area contributed by atoms with Crippen molar-refractivity contribution in [2.24, 2.45) is 5.16 Å². The summed E-state index contributed by atoms with van der Waals surface area (Å²) in [6.45, 7) is 2.18. The first-order chi connectivity index (χ1) is 8.34. The Labute approximate surface area is 102 Å². The van der Waals surface area contributed by atoms with Crippen LogP contribution in [0.1, 0.15) is 49.4 Å². The molecule has 0 aliphatic rings. The van der Waals surface area contributed by atoms with Crippen molar-refractivity contribution >= 4 is 12.2 Å². The number of hydrogen-bond donors (Lipinski definition) is 0. The molecule has 92 valence electrons. The fraction of sp³-hybridized carbons (Fsp3) is 0.429. The van der Waals surface area contributed by atoms with Crippen LogP contribution >= 0.6 is 0 Å². The van der Waals surface area contributed by atoms with E-state index >= 15 is 0 Å². The molecule has 1 aromatic carbocycles. The average molecular weight is 233 g/mol. The molecular weight excluding hydrogens is 214 g/mol. The summed E-state index contributed by atoms with van der Waals surface area (Å²) >= 11 is 0. The van der Waals surface area contributed by atoms with Crippen LogP contribution in [0.25, 0.3) is 0 Å². The van der Waals surface area contributed by atoms with Gasteiger partial charge in [0, 0.05) is 6.21 Å². The molecule has 17 heavy (non-hydrogen) atoms. The third-order valence-corrected chi connectivity index (χ3v) is 2.41. The van der Waals surface area contributed by atoms with Crippen molar-refractivity contribution in [2.75, 3.05) is 0 Å². The SMILES string of the molecule is CCCCCCC=NOC(=O)c1ccccc1. The first-order valence-corrected chi connectivity index (χ1v) is 6.13. The quantitative estimate of drug-likeness (QED) is 0.311. The van der Waals surface area contributed by atoms with E-state index in [1.807, 2.05) is 6.07 Å². The molecule has 0 radical (unpaired) electrons. The van der Waals surface area contributed by atoms with Gasteiger partial charge in [-0.25, -0.2) is 4.79 Å². The van der Waals surface area contributed by atoms with E-state index in [9.17, 15) is 4.79 Å². The monoisotopic (exact) mass is 233 g/mol. The Morgan fingerprint density at radius 2 is 2.00 bits per heavy atom. The second-order valence-corrected chi connectivity index (χ2v) is 3.88. The van der Waals surface area contributed by atoms with E-state index < -0.39 is 5.97 Å². The summed E-state index contributed by atoms with van der Waals surface area (Å²) in [4.78, 5) is 16.2. The van der Waals surface area contributed by atoms with Crippen LogP contribution in [0.2, 0.25) is 0 Å². The van der Waals surface area contributed by atoms with Crippen LogP contribution in [-0.2, 0) is 4.84 Å². The zero-order chi connectivity index (χ0) is 12.3. The lowest BCUT2D eigenvalue weighted by Crippen LogP contribution is -2.00. The number of carbonyl (C=O) groups is 1. The normalized spacial score (nSPS) is 10.6. The third kappa shape index (κ3) is 5.85. The summed E-state index contributed by atoms with van der Waals surface area (Å²) in [6.07, 6.45) is 7.30. The molecule has 0 bridgehead atoms. The molecule has 3 heteroatoms. The van der Waals surface area contributed by atoms with Crippen molar-refractivity contribution in [3.8, 4) is 0 Å². The van der Waals surface area contributed by atoms with Gasteiger partial charge in [0.15, 0.2) is 0 Å². The van der Waals surface area contributed by atoms with Crippen LogP contribution in [0, 0.1) is 0 Å². The molecule has 3 nitrogen and oxygen atoms in total. The van der Waals surface area contributed by atoms with Crippen LogP contribution in [0.3, 0.4) is 0 Å². The molecule has 0 aliphatic carbocycles. The zero-order valence-electron chi connectivity index (χ0n) is 10.3. The lowest BCUT2D eigenvalue weighted by Gasteiger charge is -1.97. The first kappa shape index (κ1) is 13.4. The predicted octanol–water partition coefficient (Wildman–Crippen LogP) is 3.80. The second kappa shape index (κ2) is 8.50. The number of hydrogen-bond acceptors (Lipinski definition) is 3. The van der Waals surface area contributed by atoms with Crippen LogP contribution in [-0.4, -0.2) is 12.2 Å². The largest absolute Gasteiger partial charge is 0.365 e. The molecular formula is C14H19NO2. The maximum atomic E-state index is 11.4. The topological polar surface area (TPSA) is 38.7 Å². The van der Waals surface area contributed by atoms with Gasteiger partial charge in [-0.3, -0.25) is 0 Å². The summed E-state index contributed by atoms with van der Waals surface area (Å²) < 4.78 is 0. The van der Waals surface area contributed by atoms with Crippen molar-refractivity contribution in [1.29, 1.82) is 0 Å². The van der Waals surface area contributed by atoms with Gasteiger partial charge in [0.2, 0.25) is 0 Å². The maximum Gasteiger partial charge on any atom is 0.365 e. The first-order valence-electron chi connectivity index (χ1n) is 6.13. The summed E-state index contributed by atoms with van der Waals surface area (Å²) in [5, 5.41) is 3.67. The minimum absolute atomic E-state index is 0.407. The summed E-state index contributed by atoms with van der Waals surface area (Å²) in [5.74, 6) is -0.407. The molecule has 0 saturated carbocycles. The summed E-state index contributed by atoms with van der Waals surface area (Å²) in [6, 6.07) is 8.86. The Balaban J connectivity index is 2.18. The van der Waals surface area contributed by atoms with Crippen molar-refractivity contribution < 1.29 is 9.63 Å². The second-order valence-electron chi connectivity index (χ2n) is 3.88. The Kier molecular flexibility index (Phi) is 6.72. The van der Waals surface area contributed by atoms with Crippen LogP contribution < -0.4 is 0 Å². The molecule has 0 fully saturated rings. The van der Waals surface area contributed by atoms with Gasteiger partial charge in [-0.2, -0.15) is 0 Å². The highest BCUT2D eigenvalue weighted by Crippen LogP contribution is 2.02. The van der Waals surface area contributed by atoms with Gasteiger partial charge in [0.1, 0.15) is 0 Å². The zero-order valence-corrected chi connectivity index (χ0v) is 10.3. The maximum absolute atomic E-state index is 11.4. The predicted molar refractivity (Wildman–Crippen MR) is 69.1 cm³/mol. The number of nitrogens with zero attached hydrogens (tertiary/aromatic N) is 1. The fourth-order valence-corrected chi connectivity index (χ4v) is 1.43. The average Bonchev–Trinajstić information content (AvgIpc) is 2.38. The van der Waals surface area contributed by atoms with E-state index in [0.29, 0.717) is 5.56 Å². The molecule has 0 heterocycles. The van der Waals surface area contributed by atoms with Gasteiger partial charge in [-0.15, -0.1) is 0 Å². The Morgan fingerprint density at radius 1 is 1.24 bits per heavy atom. The molecule has 0 N–H and O–H groups in total. The number of carbonyl (C=O) groups excluding carboxylic acids is 1. The van der Waals surface area contributed by atoms with E-state index in [-0.39, 0.29) is 0 Å². The lowest BCUT2D eigenvalue weighted by molar-refractivity contribution is 0.0518. The van der Waals surface area contributed by atoms with Crippen LogP contribution in [0.5, 0.6) is 0 Å². The fourth-order valence-electron chi connectivity index (χ4n) is 1.43. The molecule has 0 aliphatic heterocycles. The van der Waals surface area contributed by atoms with Gasteiger partial charge in [0.25, 0.3) is 0 Å². The van der Waals surface area contributed by atoms with Gasteiger partial charge >= 0.3 is 5.97 Å². The molecule has 0 atom stereocenters. The van der Waals surface area contributed by atoms with Gasteiger partial charge in [-0.05, 0) is 25.0 Å². The van der Waals surface area contributed by atoms with Crippen LogP contribution in [0.4, 0.5) is 0 Å². The molecule has 0 unspecified atom stereocenters. The van der Waals surface area contributed by atoms with Crippen molar-refractivity contribution in [2.45, 2.75) is 39.0 Å². The molecule has 0 amide bonds. The smallest absolute Gasteiger partial charge is 0.313 e. The van der Waals surface area contributed by atoms with Crippen molar-refractivity contribution in [3.63, 3.8) is 0 Å². The number of benzene rings is 1. The lowest BCUT2D eigenvalue weighted by atomic mass is 10.2. The summed E-state index contributed by atoms with van der Waals surface area (Å²) in [7, 11) is 0. The van der Waals surface area contributed by atoms with Crippen molar-refractivity contribution in [1.82, 2.24) is 0 Å². The highest BCUT2D eigenvalue weighted by Gasteiger charge is 2.04. The number of unbranched alkanes of at least 4 members (excludes halogenated alkanes) is 4. The van der Waals surface area contributed by atoms with E-state index in [1.54, 1.807) is 30.5 Å². The van der Waals surface area contributed by atoms with Crippen LogP contribution in [0.15, 0.2) is 35.5 Å². The third-order valence-electron chi connectivity index (χ3n) is 2.41. The van der Waals surface area contributed by atoms with E-state index in [1.165, 1.54) is 19.3 Å². The molecule has 1 rings (SSSR count). The van der Waals surface area contributed by atoms with Crippen molar-refractivity contribution in [3.05, 3.63) is 35.9 Å². The minimum atomic E-state index is -0.407. The molecule has 0 spiro atoms. The Bertz CT molecular complexity index is 346. The highest BCUT2D eigenvalue weighted by molar-refractivity contribution is 5.89. The number of rotatable bonds is 7. The molecule has 0 aromatic heterocycles. The van der Waals surface area contributed by atoms with Gasteiger partial charge in [0.05, 0.1) is 5.56 Å². The molecule has 1 aromatic rings. The van der Waals surface area contributed by atoms with E-state index in [2.05, 4.69) is 12.1 Å². The highest BCUT2D eigenvalue weighted by atomic mass is 16.7. The number of oxime groups is 1. The Hall–Kier alpha value is -1.64. The van der Waals surface area contributed by atoms with E-state index in [0.717, 1.165) is 12.8 Å². The van der Waals surface area contributed by atoms with E-state index in [4.69, 9.17) is 4.84 Å². The standard InChI is InChI=1S/C14H19NO2/c1-2-3-4-5-9-12-15-17-14(16)13-10-7-6-8-11-13/h6-8,10-12H,2-5,9H2,1H3. The van der Waals surface area contributed by atoms with Gasteiger partial charge < -0.3 is 4.84 Å². The summed E-state index contributed by atoms with van der Waals surface area (Å²) in [5.41, 5.74) is 0.524. The van der Waals surface area contributed by atoms with Gasteiger partial charge in [-0.1, -0.05) is 49.5 Å². The molecule has 0 saturated heterocycles.